The fraction of sp³-hybridized carbons (Fsp3) is 0.562. The Balaban J connectivity index is 1.99. The number of aliphatic hydroxyl groups is 1. The molecule has 1 aromatic rings. The second kappa shape index (κ2) is 6.72. The third-order valence-electron chi connectivity index (χ3n) is 3.98. The largest absolute Gasteiger partial charge is 0.388 e. The summed E-state index contributed by atoms with van der Waals surface area (Å²) in [6.45, 7) is 2.30. The summed E-state index contributed by atoms with van der Waals surface area (Å²) in [7, 11) is 0. The van der Waals surface area contributed by atoms with E-state index in [0.29, 0.717) is 12.1 Å². The summed E-state index contributed by atoms with van der Waals surface area (Å²) in [5.74, 6) is -0.127. The van der Waals surface area contributed by atoms with Gasteiger partial charge < -0.3 is 10.4 Å². The highest BCUT2D eigenvalue weighted by Crippen LogP contribution is 2.26. The highest BCUT2D eigenvalue weighted by molar-refractivity contribution is 9.10. The minimum absolute atomic E-state index is 0.127. The molecule has 0 spiro atoms. The number of hydrogen-bond acceptors (Lipinski definition) is 2. The molecule has 1 amide bonds. The minimum atomic E-state index is -0.734. The van der Waals surface area contributed by atoms with E-state index >= 15 is 0 Å². The first-order chi connectivity index (χ1) is 9.50. The molecule has 0 heterocycles. The molecule has 20 heavy (non-hydrogen) atoms. The predicted octanol–water partition coefficient (Wildman–Crippen LogP) is 3.57. The zero-order valence-electron chi connectivity index (χ0n) is 11.9. The van der Waals surface area contributed by atoms with Gasteiger partial charge in [0.1, 0.15) is 0 Å². The van der Waals surface area contributed by atoms with Gasteiger partial charge in [-0.15, -0.1) is 0 Å². The molecule has 1 aromatic carbocycles. The molecule has 1 saturated carbocycles. The van der Waals surface area contributed by atoms with Crippen molar-refractivity contribution >= 4 is 21.8 Å². The van der Waals surface area contributed by atoms with Crippen molar-refractivity contribution in [3.8, 4) is 0 Å². The molecule has 110 valence electrons. The van der Waals surface area contributed by atoms with Crippen molar-refractivity contribution in [2.45, 2.75) is 51.0 Å². The number of hydrogen-bond donors (Lipinski definition) is 2. The zero-order chi connectivity index (χ0) is 14.6. The van der Waals surface area contributed by atoms with E-state index in [0.717, 1.165) is 35.7 Å². The van der Waals surface area contributed by atoms with Gasteiger partial charge in [0.2, 0.25) is 0 Å². The first kappa shape index (κ1) is 15.5. The van der Waals surface area contributed by atoms with Gasteiger partial charge >= 0.3 is 0 Å². The summed E-state index contributed by atoms with van der Waals surface area (Å²) in [6, 6.07) is 5.70. The van der Waals surface area contributed by atoms with E-state index in [9.17, 15) is 9.90 Å². The summed E-state index contributed by atoms with van der Waals surface area (Å²) >= 11 is 3.40. The molecule has 0 bridgehead atoms. The number of amides is 1. The lowest BCUT2D eigenvalue weighted by atomic mass is 9.94. The zero-order valence-corrected chi connectivity index (χ0v) is 13.5. The molecule has 3 nitrogen and oxygen atoms in total. The number of aryl methyl sites for hydroxylation is 1. The van der Waals surface area contributed by atoms with Gasteiger partial charge in [-0.1, -0.05) is 37.3 Å². The lowest BCUT2D eigenvalue weighted by Gasteiger charge is -2.26. The Kier molecular flexibility index (Phi) is 5.22. The van der Waals surface area contributed by atoms with Gasteiger partial charge in [-0.25, -0.2) is 0 Å². The molecule has 2 rings (SSSR count). The van der Waals surface area contributed by atoms with Gasteiger partial charge in [0.05, 0.1) is 11.2 Å². The standard InChI is InChI=1S/C16H22BrNO2/c1-12-6-7-14(17)13(10-12)15(19)18-11-16(20)8-4-2-3-5-9-16/h6-7,10,20H,2-5,8-9,11H2,1H3,(H,18,19). The Morgan fingerprint density at radius 3 is 2.60 bits per heavy atom. The number of nitrogens with one attached hydrogen (secondary N) is 1. The van der Waals surface area contributed by atoms with Gasteiger partial charge in [-0.05, 0) is 47.8 Å². The summed E-state index contributed by atoms with van der Waals surface area (Å²) < 4.78 is 0.786. The van der Waals surface area contributed by atoms with Crippen molar-refractivity contribution < 1.29 is 9.90 Å². The first-order valence-electron chi connectivity index (χ1n) is 7.27. The topological polar surface area (TPSA) is 49.3 Å². The molecule has 0 aliphatic heterocycles. The normalized spacial score (nSPS) is 18.4. The monoisotopic (exact) mass is 339 g/mol. The lowest BCUT2D eigenvalue weighted by Crippen LogP contribution is -2.42. The van der Waals surface area contributed by atoms with Crippen LogP contribution in [0.1, 0.15) is 54.4 Å². The first-order valence-corrected chi connectivity index (χ1v) is 8.06. The van der Waals surface area contributed by atoms with Crippen molar-refractivity contribution in [1.29, 1.82) is 0 Å². The molecular weight excluding hydrogens is 318 g/mol. The molecule has 0 aromatic heterocycles. The maximum absolute atomic E-state index is 12.2. The van der Waals surface area contributed by atoms with E-state index in [1.165, 1.54) is 12.8 Å². The third kappa shape index (κ3) is 4.06. The van der Waals surface area contributed by atoms with Crippen molar-refractivity contribution in [3.63, 3.8) is 0 Å². The Bertz CT molecular complexity index is 479. The minimum Gasteiger partial charge on any atom is -0.388 e. The fourth-order valence-electron chi connectivity index (χ4n) is 2.72. The fourth-order valence-corrected chi connectivity index (χ4v) is 3.14. The second-order valence-electron chi connectivity index (χ2n) is 5.80. The highest BCUT2D eigenvalue weighted by atomic mass is 79.9. The van der Waals surface area contributed by atoms with E-state index in [1.807, 2.05) is 25.1 Å². The maximum Gasteiger partial charge on any atom is 0.252 e. The van der Waals surface area contributed by atoms with Crippen LogP contribution in [0, 0.1) is 6.92 Å². The van der Waals surface area contributed by atoms with E-state index in [4.69, 9.17) is 0 Å². The molecular formula is C16H22BrNO2. The summed E-state index contributed by atoms with van der Waals surface area (Å²) in [5, 5.41) is 13.4. The van der Waals surface area contributed by atoms with Gasteiger partial charge in [0.25, 0.3) is 5.91 Å². The van der Waals surface area contributed by atoms with Crippen LogP contribution in [0.25, 0.3) is 0 Å². The molecule has 0 unspecified atom stereocenters. The van der Waals surface area contributed by atoms with Crippen molar-refractivity contribution in [2.75, 3.05) is 6.54 Å². The van der Waals surface area contributed by atoms with Crippen LogP contribution in [-0.2, 0) is 0 Å². The Hall–Kier alpha value is -0.870. The van der Waals surface area contributed by atoms with Crippen LogP contribution in [0.15, 0.2) is 22.7 Å². The van der Waals surface area contributed by atoms with Crippen LogP contribution >= 0.6 is 15.9 Å². The number of carbonyl (C=O) groups excluding carboxylic acids is 1. The smallest absolute Gasteiger partial charge is 0.252 e. The van der Waals surface area contributed by atoms with Crippen LogP contribution < -0.4 is 5.32 Å². The van der Waals surface area contributed by atoms with Gasteiger partial charge in [-0.3, -0.25) is 4.79 Å². The Labute approximate surface area is 128 Å². The molecule has 0 atom stereocenters. The lowest BCUT2D eigenvalue weighted by molar-refractivity contribution is 0.0246. The van der Waals surface area contributed by atoms with Crippen LogP contribution in [0.5, 0.6) is 0 Å². The SMILES string of the molecule is Cc1ccc(Br)c(C(=O)NCC2(O)CCCCCC2)c1. The third-order valence-corrected chi connectivity index (χ3v) is 4.67. The van der Waals surface area contributed by atoms with Gasteiger partial charge in [0.15, 0.2) is 0 Å². The summed E-state index contributed by atoms with van der Waals surface area (Å²) in [6.07, 6.45) is 6.00. The van der Waals surface area contributed by atoms with Crippen LogP contribution in [-0.4, -0.2) is 23.2 Å². The van der Waals surface area contributed by atoms with Crippen molar-refractivity contribution in [3.05, 3.63) is 33.8 Å². The number of benzene rings is 1. The van der Waals surface area contributed by atoms with Crippen molar-refractivity contribution in [1.82, 2.24) is 5.32 Å². The van der Waals surface area contributed by atoms with Crippen LogP contribution in [0.4, 0.5) is 0 Å². The van der Waals surface area contributed by atoms with E-state index in [2.05, 4.69) is 21.2 Å². The second-order valence-corrected chi connectivity index (χ2v) is 6.66. The summed E-state index contributed by atoms with van der Waals surface area (Å²) in [5.41, 5.74) is 0.941. The van der Waals surface area contributed by atoms with Crippen molar-refractivity contribution in [2.24, 2.45) is 0 Å². The average Bonchev–Trinajstić information content (AvgIpc) is 2.64. The molecule has 1 aliphatic rings. The quantitative estimate of drug-likeness (QED) is 0.827. The van der Waals surface area contributed by atoms with E-state index in [1.54, 1.807) is 0 Å². The molecule has 4 heteroatoms. The van der Waals surface area contributed by atoms with Crippen LogP contribution in [0.2, 0.25) is 0 Å². The predicted molar refractivity (Wildman–Crippen MR) is 83.9 cm³/mol. The highest BCUT2D eigenvalue weighted by Gasteiger charge is 2.28. The van der Waals surface area contributed by atoms with Gasteiger partial charge in [-0.2, -0.15) is 0 Å². The Morgan fingerprint density at radius 2 is 1.95 bits per heavy atom. The van der Waals surface area contributed by atoms with E-state index < -0.39 is 5.60 Å². The Morgan fingerprint density at radius 1 is 1.30 bits per heavy atom. The van der Waals surface area contributed by atoms with Gasteiger partial charge in [0, 0.05) is 11.0 Å². The summed E-state index contributed by atoms with van der Waals surface area (Å²) in [4.78, 5) is 12.2. The molecule has 0 saturated heterocycles. The molecule has 1 aliphatic carbocycles. The molecule has 0 radical (unpaired) electrons. The average molecular weight is 340 g/mol. The number of rotatable bonds is 3. The van der Waals surface area contributed by atoms with Crippen LogP contribution in [0.3, 0.4) is 0 Å². The molecule has 1 fully saturated rings. The molecule has 2 N–H and O–H groups in total. The maximum atomic E-state index is 12.2. The van der Waals surface area contributed by atoms with E-state index in [-0.39, 0.29) is 5.91 Å². The number of carbonyl (C=O) groups is 1. The number of halogens is 1.